The molecule has 1 N–H and O–H groups in total. The lowest BCUT2D eigenvalue weighted by atomic mass is 10.2. The minimum Gasteiger partial charge on any atom is -0.316 e. The molecule has 0 rings (SSSR count). The standard InChI is InChI=1S/C8H15N/c1-7(2)5-8(3)6-9-4/h5,9H,3,6H2,1-2,4H3. The zero-order valence-electron chi connectivity index (χ0n) is 6.49. The fourth-order valence-corrected chi connectivity index (χ4v) is 0.686. The van der Waals surface area contributed by atoms with Gasteiger partial charge >= 0.3 is 0 Å². The average Bonchev–Trinajstić information content (AvgIpc) is 1.63. The second-order valence-electron chi connectivity index (χ2n) is 2.41. The van der Waals surface area contributed by atoms with Gasteiger partial charge in [0.05, 0.1) is 0 Å². The Morgan fingerprint density at radius 1 is 1.56 bits per heavy atom. The van der Waals surface area contributed by atoms with Crippen molar-refractivity contribution in [1.82, 2.24) is 5.32 Å². The number of hydrogen-bond acceptors (Lipinski definition) is 1. The van der Waals surface area contributed by atoms with Gasteiger partial charge in [-0.05, 0) is 26.5 Å². The van der Waals surface area contributed by atoms with E-state index in [1.807, 2.05) is 7.05 Å². The Labute approximate surface area is 57.5 Å². The van der Waals surface area contributed by atoms with E-state index in [1.54, 1.807) is 0 Å². The Hall–Kier alpha value is -0.560. The maximum absolute atomic E-state index is 3.85. The summed E-state index contributed by atoms with van der Waals surface area (Å²) in [5.74, 6) is 0. The molecule has 0 aliphatic rings. The van der Waals surface area contributed by atoms with E-state index in [0.29, 0.717) is 0 Å². The summed E-state index contributed by atoms with van der Waals surface area (Å²) in [5.41, 5.74) is 2.44. The first kappa shape index (κ1) is 8.44. The molecule has 0 saturated carbocycles. The molecule has 0 heterocycles. The van der Waals surface area contributed by atoms with E-state index in [0.717, 1.165) is 12.1 Å². The minimum atomic E-state index is 0.880. The normalized spacial score (nSPS) is 8.78. The smallest absolute Gasteiger partial charge is 0.0196 e. The molecule has 0 amide bonds. The van der Waals surface area contributed by atoms with Gasteiger partial charge in [0.25, 0.3) is 0 Å². The zero-order chi connectivity index (χ0) is 7.28. The van der Waals surface area contributed by atoms with Gasteiger partial charge in [-0.3, -0.25) is 0 Å². The van der Waals surface area contributed by atoms with E-state index in [-0.39, 0.29) is 0 Å². The maximum atomic E-state index is 3.85. The highest BCUT2D eigenvalue weighted by Gasteiger charge is 1.84. The molecule has 0 unspecified atom stereocenters. The van der Waals surface area contributed by atoms with Crippen molar-refractivity contribution < 1.29 is 0 Å². The number of allylic oxidation sites excluding steroid dienone is 1. The number of likely N-dealkylation sites (N-methyl/N-ethyl adjacent to an activating group) is 1. The molecule has 0 aliphatic carbocycles. The number of rotatable bonds is 3. The largest absolute Gasteiger partial charge is 0.316 e. The quantitative estimate of drug-likeness (QED) is 0.566. The minimum absolute atomic E-state index is 0.880. The van der Waals surface area contributed by atoms with Crippen molar-refractivity contribution in [3.8, 4) is 0 Å². The predicted molar refractivity (Wildman–Crippen MR) is 42.5 cm³/mol. The summed E-state index contributed by atoms with van der Waals surface area (Å²) in [7, 11) is 1.92. The lowest BCUT2D eigenvalue weighted by molar-refractivity contribution is 0.896. The SMILES string of the molecule is C=C(C=C(C)C)CNC. The molecule has 0 radical (unpaired) electrons. The van der Waals surface area contributed by atoms with E-state index in [4.69, 9.17) is 0 Å². The van der Waals surface area contributed by atoms with Crippen LogP contribution in [0, 0.1) is 0 Å². The lowest BCUT2D eigenvalue weighted by Crippen LogP contribution is -2.08. The first-order chi connectivity index (χ1) is 4.16. The van der Waals surface area contributed by atoms with Crippen molar-refractivity contribution in [2.45, 2.75) is 13.8 Å². The summed E-state index contributed by atoms with van der Waals surface area (Å²) in [4.78, 5) is 0. The van der Waals surface area contributed by atoms with E-state index >= 15 is 0 Å². The summed E-state index contributed by atoms with van der Waals surface area (Å²) >= 11 is 0. The van der Waals surface area contributed by atoms with Gasteiger partial charge in [0.15, 0.2) is 0 Å². The molecule has 0 spiro atoms. The molecule has 9 heavy (non-hydrogen) atoms. The summed E-state index contributed by atoms with van der Waals surface area (Å²) in [5, 5.41) is 3.03. The van der Waals surface area contributed by atoms with E-state index < -0.39 is 0 Å². The van der Waals surface area contributed by atoms with Crippen molar-refractivity contribution in [1.29, 1.82) is 0 Å². The lowest BCUT2D eigenvalue weighted by Gasteiger charge is -1.97. The van der Waals surface area contributed by atoms with Crippen LogP contribution in [0.15, 0.2) is 23.8 Å². The van der Waals surface area contributed by atoms with Crippen molar-refractivity contribution in [2.24, 2.45) is 0 Å². The molecule has 52 valence electrons. The molecule has 0 aromatic heterocycles. The highest BCUT2D eigenvalue weighted by atomic mass is 14.8. The van der Waals surface area contributed by atoms with Crippen LogP contribution in [0.1, 0.15) is 13.8 Å². The van der Waals surface area contributed by atoms with Gasteiger partial charge in [-0.25, -0.2) is 0 Å². The molecule has 0 saturated heterocycles. The Morgan fingerprint density at radius 3 is 2.44 bits per heavy atom. The average molecular weight is 125 g/mol. The van der Waals surface area contributed by atoms with Gasteiger partial charge in [-0.2, -0.15) is 0 Å². The van der Waals surface area contributed by atoms with Gasteiger partial charge < -0.3 is 5.32 Å². The third-order valence-corrected chi connectivity index (χ3v) is 0.897. The second kappa shape index (κ2) is 4.33. The van der Waals surface area contributed by atoms with Gasteiger partial charge in [-0.15, -0.1) is 0 Å². The maximum Gasteiger partial charge on any atom is 0.0196 e. The molecular formula is C8H15N. The van der Waals surface area contributed by atoms with Gasteiger partial charge in [-0.1, -0.05) is 18.2 Å². The Bertz CT molecular complexity index is 119. The monoisotopic (exact) mass is 125 g/mol. The van der Waals surface area contributed by atoms with Crippen molar-refractivity contribution in [3.63, 3.8) is 0 Å². The van der Waals surface area contributed by atoms with Gasteiger partial charge in [0, 0.05) is 6.54 Å². The molecule has 0 bridgehead atoms. The first-order valence-electron chi connectivity index (χ1n) is 3.14. The van der Waals surface area contributed by atoms with E-state index in [9.17, 15) is 0 Å². The fourth-order valence-electron chi connectivity index (χ4n) is 0.686. The van der Waals surface area contributed by atoms with Gasteiger partial charge in [0.1, 0.15) is 0 Å². The first-order valence-corrected chi connectivity index (χ1v) is 3.14. The van der Waals surface area contributed by atoms with Crippen LogP contribution in [0.5, 0.6) is 0 Å². The van der Waals surface area contributed by atoms with Crippen LogP contribution in [0.3, 0.4) is 0 Å². The summed E-state index contributed by atoms with van der Waals surface area (Å²) in [6.07, 6.45) is 2.08. The summed E-state index contributed by atoms with van der Waals surface area (Å²) < 4.78 is 0. The van der Waals surface area contributed by atoms with Crippen LogP contribution in [0.2, 0.25) is 0 Å². The Kier molecular flexibility index (Phi) is 4.06. The number of hydrogen-bond donors (Lipinski definition) is 1. The molecular weight excluding hydrogens is 110 g/mol. The molecule has 1 nitrogen and oxygen atoms in total. The number of nitrogens with one attached hydrogen (secondary N) is 1. The summed E-state index contributed by atoms with van der Waals surface area (Å²) in [6.45, 7) is 8.87. The Morgan fingerprint density at radius 2 is 2.11 bits per heavy atom. The zero-order valence-corrected chi connectivity index (χ0v) is 6.49. The third kappa shape index (κ3) is 5.31. The van der Waals surface area contributed by atoms with E-state index in [1.165, 1.54) is 5.57 Å². The highest BCUT2D eigenvalue weighted by Crippen LogP contribution is 1.96. The third-order valence-electron chi connectivity index (χ3n) is 0.897. The van der Waals surface area contributed by atoms with Crippen LogP contribution < -0.4 is 5.32 Å². The predicted octanol–water partition coefficient (Wildman–Crippen LogP) is 1.73. The molecule has 0 aliphatic heterocycles. The van der Waals surface area contributed by atoms with Crippen LogP contribution in [0.4, 0.5) is 0 Å². The molecule has 1 heteroatoms. The van der Waals surface area contributed by atoms with Crippen LogP contribution in [-0.2, 0) is 0 Å². The molecule has 0 aromatic carbocycles. The fraction of sp³-hybridized carbons (Fsp3) is 0.500. The topological polar surface area (TPSA) is 12.0 Å². The van der Waals surface area contributed by atoms with Crippen molar-refractivity contribution in [2.75, 3.05) is 13.6 Å². The van der Waals surface area contributed by atoms with Gasteiger partial charge in [0.2, 0.25) is 0 Å². The molecule has 0 atom stereocenters. The van der Waals surface area contributed by atoms with Crippen LogP contribution in [-0.4, -0.2) is 13.6 Å². The van der Waals surface area contributed by atoms with Crippen molar-refractivity contribution >= 4 is 0 Å². The van der Waals surface area contributed by atoms with Crippen molar-refractivity contribution in [3.05, 3.63) is 23.8 Å². The van der Waals surface area contributed by atoms with Crippen LogP contribution >= 0.6 is 0 Å². The molecule has 0 fully saturated rings. The van der Waals surface area contributed by atoms with Crippen LogP contribution in [0.25, 0.3) is 0 Å². The summed E-state index contributed by atoms with van der Waals surface area (Å²) in [6, 6.07) is 0. The highest BCUT2D eigenvalue weighted by molar-refractivity contribution is 5.19. The Balaban J connectivity index is 3.63. The van der Waals surface area contributed by atoms with E-state index in [2.05, 4.69) is 31.8 Å². The second-order valence-corrected chi connectivity index (χ2v) is 2.41. The molecule has 0 aromatic rings.